The van der Waals surface area contributed by atoms with E-state index < -0.39 is 0 Å². The molecule has 2 aromatic heterocycles. The molecular weight excluding hydrogens is 324 g/mol. The molecule has 1 aliphatic carbocycles. The number of aryl methyl sites for hydroxylation is 2. The number of carbonyl (C=O) groups is 1. The second-order valence-electron chi connectivity index (χ2n) is 6.59. The Bertz CT molecular complexity index is 841. The number of H-pyrrole nitrogens is 1. The van der Waals surface area contributed by atoms with Crippen molar-refractivity contribution in [3.05, 3.63) is 26.6 Å². The summed E-state index contributed by atoms with van der Waals surface area (Å²) < 4.78 is 0. The van der Waals surface area contributed by atoms with E-state index in [0.717, 1.165) is 44.3 Å². The van der Waals surface area contributed by atoms with Gasteiger partial charge in [0.15, 0.2) is 0 Å². The third-order valence-electron chi connectivity index (χ3n) is 5.19. The molecule has 6 nitrogen and oxygen atoms in total. The Morgan fingerprint density at radius 2 is 2.29 bits per heavy atom. The fourth-order valence-electron chi connectivity index (χ4n) is 3.95. The average molecular weight is 346 g/mol. The Morgan fingerprint density at radius 1 is 1.42 bits per heavy atom. The quantitative estimate of drug-likeness (QED) is 0.883. The predicted molar refractivity (Wildman–Crippen MR) is 94.9 cm³/mol. The van der Waals surface area contributed by atoms with Crippen molar-refractivity contribution in [1.29, 1.82) is 0 Å². The minimum Gasteiger partial charge on any atom is -0.348 e. The zero-order valence-corrected chi connectivity index (χ0v) is 14.7. The summed E-state index contributed by atoms with van der Waals surface area (Å²) in [6.07, 6.45) is 5.35. The summed E-state index contributed by atoms with van der Waals surface area (Å²) in [7, 11) is 0. The number of amides is 1. The molecule has 2 aliphatic rings. The van der Waals surface area contributed by atoms with E-state index in [4.69, 9.17) is 0 Å². The summed E-state index contributed by atoms with van der Waals surface area (Å²) >= 11 is 1.56. The molecule has 3 heterocycles. The van der Waals surface area contributed by atoms with Gasteiger partial charge in [-0.3, -0.25) is 14.5 Å². The lowest BCUT2D eigenvalue weighted by Gasteiger charge is -2.22. The zero-order chi connectivity index (χ0) is 16.7. The molecule has 0 radical (unpaired) electrons. The van der Waals surface area contributed by atoms with Crippen molar-refractivity contribution in [2.45, 2.75) is 45.1 Å². The Labute approximate surface area is 144 Å². The molecule has 1 aliphatic heterocycles. The van der Waals surface area contributed by atoms with Crippen molar-refractivity contribution in [2.75, 3.05) is 19.6 Å². The number of thiophene rings is 1. The lowest BCUT2D eigenvalue weighted by atomic mass is 10.2. The Kier molecular flexibility index (Phi) is 4.14. The van der Waals surface area contributed by atoms with E-state index in [0.29, 0.717) is 22.8 Å². The van der Waals surface area contributed by atoms with Crippen LogP contribution in [0.15, 0.2) is 4.79 Å². The van der Waals surface area contributed by atoms with Gasteiger partial charge >= 0.3 is 0 Å². The largest absolute Gasteiger partial charge is 0.348 e. The molecule has 2 N–H and O–H groups in total. The van der Waals surface area contributed by atoms with Crippen molar-refractivity contribution >= 4 is 27.5 Å². The van der Waals surface area contributed by atoms with Crippen LogP contribution in [0.25, 0.3) is 10.2 Å². The number of hydrogen-bond acceptors (Lipinski definition) is 5. The second-order valence-corrected chi connectivity index (χ2v) is 7.67. The van der Waals surface area contributed by atoms with E-state index in [1.54, 1.807) is 11.3 Å². The molecular formula is C17H22N4O2S. The molecule has 24 heavy (non-hydrogen) atoms. The third kappa shape index (κ3) is 2.65. The topological polar surface area (TPSA) is 78.1 Å². The van der Waals surface area contributed by atoms with Crippen LogP contribution in [0.4, 0.5) is 0 Å². The summed E-state index contributed by atoms with van der Waals surface area (Å²) in [4.78, 5) is 36.3. The van der Waals surface area contributed by atoms with Crippen molar-refractivity contribution in [1.82, 2.24) is 20.2 Å². The first-order chi connectivity index (χ1) is 11.7. The molecule has 4 rings (SSSR count). The van der Waals surface area contributed by atoms with Gasteiger partial charge in [0.25, 0.3) is 11.5 Å². The molecule has 0 bridgehead atoms. The highest BCUT2D eigenvalue weighted by atomic mass is 32.1. The molecule has 1 fully saturated rings. The number of aromatic amines is 1. The van der Waals surface area contributed by atoms with Gasteiger partial charge in [-0.25, -0.2) is 4.98 Å². The van der Waals surface area contributed by atoms with Crippen LogP contribution in [0.3, 0.4) is 0 Å². The van der Waals surface area contributed by atoms with Gasteiger partial charge in [-0.1, -0.05) is 6.92 Å². The highest BCUT2D eigenvalue weighted by molar-refractivity contribution is 7.18. The molecule has 1 atom stereocenters. The molecule has 0 saturated carbocycles. The number of aromatic nitrogens is 2. The fourth-order valence-corrected chi connectivity index (χ4v) is 5.21. The van der Waals surface area contributed by atoms with E-state index in [9.17, 15) is 9.59 Å². The number of hydrogen-bond donors (Lipinski definition) is 2. The number of nitrogens with one attached hydrogen (secondary N) is 2. The molecule has 1 unspecified atom stereocenters. The van der Waals surface area contributed by atoms with Gasteiger partial charge in [0.2, 0.25) is 5.82 Å². The molecule has 1 amide bonds. The Hall–Kier alpha value is -1.73. The van der Waals surface area contributed by atoms with Crippen LogP contribution in [0, 0.1) is 0 Å². The first kappa shape index (κ1) is 15.8. The highest BCUT2D eigenvalue weighted by Gasteiger charge is 2.25. The monoisotopic (exact) mass is 346 g/mol. The minimum atomic E-state index is -0.287. The predicted octanol–water partition coefficient (Wildman–Crippen LogP) is 1.69. The number of likely N-dealkylation sites (N-methyl/N-ethyl adjacent to an activating group) is 1. The normalized spacial score (nSPS) is 20.6. The maximum Gasteiger partial charge on any atom is 0.287 e. The van der Waals surface area contributed by atoms with E-state index in [-0.39, 0.29) is 17.3 Å². The SMILES string of the molecule is CCN1CCCC1CNC(=O)c1nc2sc3c(c2c(=O)[nH]1)CCC3. The molecule has 2 aromatic rings. The summed E-state index contributed by atoms with van der Waals surface area (Å²) in [5.41, 5.74) is 0.959. The number of likely N-dealkylation sites (tertiary alicyclic amines) is 1. The van der Waals surface area contributed by atoms with E-state index >= 15 is 0 Å². The van der Waals surface area contributed by atoms with Gasteiger partial charge < -0.3 is 10.3 Å². The summed E-state index contributed by atoms with van der Waals surface area (Å²) in [5, 5.41) is 3.63. The minimum absolute atomic E-state index is 0.133. The van der Waals surface area contributed by atoms with Crippen LogP contribution in [0.2, 0.25) is 0 Å². The maximum absolute atomic E-state index is 12.4. The standard InChI is InChI=1S/C17H22N4O2S/c1-2-21-8-4-5-10(21)9-18-16(23)14-19-15(22)13-11-6-3-7-12(11)24-17(13)20-14/h10H,2-9H2,1H3,(H,18,23)(H,19,20,22). The van der Waals surface area contributed by atoms with E-state index in [1.165, 1.54) is 11.3 Å². The van der Waals surface area contributed by atoms with Crippen LogP contribution < -0.4 is 10.9 Å². The van der Waals surface area contributed by atoms with Gasteiger partial charge in [0.1, 0.15) is 4.83 Å². The van der Waals surface area contributed by atoms with Gasteiger partial charge in [-0.15, -0.1) is 11.3 Å². The number of carbonyl (C=O) groups excluding carboxylic acids is 1. The van der Waals surface area contributed by atoms with Gasteiger partial charge in [-0.05, 0) is 50.8 Å². The lowest BCUT2D eigenvalue weighted by molar-refractivity contribution is 0.0931. The third-order valence-corrected chi connectivity index (χ3v) is 6.38. The summed E-state index contributed by atoms with van der Waals surface area (Å²) in [5.74, 6) is -0.154. The summed E-state index contributed by atoms with van der Waals surface area (Å²) in [6.45, 7) is 4.85. The molecule has 0 spiro atoms. The van der Waals surface area contributed by atoms with Crippen LogP contribution in [0.5, 0.6) is 0 Å². The van der Waals surface area contributed by atoms with E-state index in [2.05, 4.69) is 27.1 Å². The zero-order valence-electron chi connectivity index (χ0n) is 13.9. The summed E-state index contributed by atoms with van der Waals surface area (Å²) in [6, 6.07) is 0.389. The smallest absolute Gasteiger partial charge is 0.287 e. The van der Waals surface area contributed by atoms with Crippen LogP contribution in [0.1, 0.15) is 47.2 Å². The van der Waals surface area contributed by atoms with Crippen molar-refractivity contribution in [3.8, 4) is 0 Å². The molecule has 128 valence electrons. The van der Waals surface area contributed by atoms with Crippen molar-refractivity contribution in [2.24, 2.45) is 0 Å². The molecule has 1 saturated heterocycles. The lowest BCUT2D eigenvalue weighted by Crippen LogP contribution is -2.40. The second kappa shape index (κ2) is 6.29. The first-order valence-corrected chi connectivity index (χ1v) is 9.56. The Balaban J connectivity index is 1.53. The first-order valence-electron chi connectivity index (χ1n) is 8.74. The van der Waals surface area contributed by atoms with Gasteiger partial charge in [0.05, 0.1) is 5.39 Å². The number of rotatable bonds is 4. The maximum atomic E-state index is 12.4. The Morgan fingerprint density at radius 3 is 3.12 bits per heavy atom. The van der Waals surface area contributed by atoms with Crippen LogP contribution in [-0.2, 0) is 12.8 Å². The van der Waals surface area contributed by atoms with Gasteiger partial charge in [0, 0.05) is 17.5 Å². The van der Waals surface area contributed by atoms with Crippen molar-refractivity contribution in [3.63, 3.8) is 0 Å². The fraction of sp³-hybridized carbons (Fsp3) is 0.588. The average Bonchev–Trinajstić information content (AvgIpc) is 3.26. The highest BCUT2D eigenvalue weighted by Crippen LogP contribution is 2.34. The number of fused-ring (bicyclic) bond motifs is 3. The van der Waals surface area contributed by atoms with Crippen LogP contribution in [-0.4, -0.2) is 46.5 Å². The van der Waals surface area contributed by atoms with Gasteiger partial charge in [-0.2, -0.15) is 0 Å². The van der Waals surface area contributed by atoms with Crippen LogP contribution >= 0.6 is 11.3 Å². The molecule has 0 aromatic carbocycles. The number of nitrogens with zero attached hydrogens (tertiary/aromatic N) is 2. The van der Waals surface area contributed by atoms with Crippen molar-refractivity contribution < 1.29 is 4.79 Å². The van der Waals surface area contributed by atoms with E-state index in [1.807, 2.05) is 0 Å². The molecule has 7 heteroatoms.